The van der Waals surface area contributed by atoms with Crippen LogP contribution in [0.1, 0.15) is 26.3 Å². The average Bonchev–Trinajstić information content (AvgIpc) is 3.11. The van der Waals surface area contributed by atoms with Gasteiger partial charge in [0.2, 0.25) is 0 Å². The monoisotopic (exact) mass is 491 g/mol. The van der Waals surface area contributed by atoms with E-state index in [0.29, 0.717) is 4.90 Å². The van der Waals surface area contributed by atoms with E-state index >= 15 is 0 Å². The van der Waals surface area contributed by atoms with Gasteiger partial charge in [-0.3, -0.25) is 34.2 Å². The molecule has 184 valence electrons. The third-order valence-electron chi connectivity index (χ3n) is 5.77. The minimum Gasteiger partial charge on any atom is -0.497 e. The van der Waals surface area contributed by atoms with E-state index in [1.54, 1.807) is 14.2 Å². The van der Waals surface area contributed by atoms with Gasteiger partial charge in [-0.15, -0.1) is 0 Å². The predicted molar refractivity (Wildman–Crippen MR) is 126 cm³/mol. The fourth-order valence-electron chi connectivity index (χ4n) is 3.90. The van der Waals surface area contributed by atoms with Gasteiger partial charge in [-0.2, -0.15) is 0 Å². The molecule has 3 amide bonds. The molecular weight excluding hydrogens is 470 g/mol. The lowest BCUT2D eigenvalue weighted by molar-refractivity contribution is -0.385. The summed E-state index contributed by atoms with van der Waals surface area (Å²) in [6, 6.07) is 15.0. The summed E-state index contributed by atoms with van der Waals surface area (Å²) >= 11 is 0. The van der Waals surface area contributed by atoms with Crippen LogP contribution in [0.5, 0.6) is 5.75 Å². The largest absolute Gasteiger partial charge is 0.497 e. The van der Waals surface area contributed by atoms with Gasteiger partial charge in [0.1, 0.15) is 17.9 Å². The minimum absolute atomic E-state index is 0.161. The average molecular weight is 491 g/mol. The van der Waals surface area contributed by atoms with Gasteiger partial charge < -0.3 is 14.4 Å². The number of methoxy groups -OCH3 is 1. The first kappa shape index (κ1) is 24.3. The van der Waals surface area contributed by atoms with Crippen molar-refractivity contribution in [3.05, 3.63) is 81.4 Å². The summed E-state index contributed by atoms with van der Waals surface area (Å²) in [6.07, 6.45) is 0. The summed E-state index contributed by atoms with van der Waals surface area (Å²) in [5, 5.41) is 13.1. The molecular formula is C25H21N3O8. The number of ether oxygens (including phenoxy) is 2. The number of likely N-dealkylation sites (N-methyl/N-ethyl adjacent to an activating group) is 1. The van der Waals surface area contributed by atoms with Crippen LogP contribution in [0.3, 0.4) is 0 Å². The van der Waals surface area contributed by atoms with Crippen molar-refractivity contribution in [2.75, 3.05) is 27.3 Å². The summed E-state index contributed by atoms with van der Waals surface area (Å²) in [7, 11) is 3.15. The summed E-state index contributed by atoms with van der Waals surface area (Å²) in [6.45, 7) is -1.10. The van der Waals surface area contributed by atoms with E-state index in [1.165, 1.54) is 17.0 Å². The lowest BCUT2D eigenvalue weighted by Gasteiger charge is -2.18. The van der Waals surface area contributed by atoms with Crippen molar-refractivity contribution in [2.45, 2.75) is 6.54 Å². The summed E-state index contributed by atoms with van der Waals surface area (Å²) in [5.41, 5.74) is -0.189. The zero-order valence-corrected chi connectivity index (χ0v) is 19.4. The molecule has 0 fully saturated rings. The Labute approximate surface area is 204 Å². The maximum Gasteiger partial charge on any atom is 0.326 e. The van der Waals surface area contributed by atoms with Crippen LogP contribution in [-0.2, 0) is 20.9 Å². The Kier molecular flexibility index (Phi) is 6.64. The number of nitro benzene ring substituents is 1. The Morgan fingerprint density at radius 2 is 1.75 bits per heavy atom. The Bertz CT molecular complexity index is 1420. The maximum atomic E-state index is 12.6. The molecule has 36 heavy (non-hydrogen) atoms. The van der Waals surface area contributed by atoms with Gasteiger partial charge in [-0.25, -0.2) is 0 Å². The second-order valence-corrected chi connectivity index (χ2v) is 8.11. The number of esters is 1. The third kappa shape index (κ3) is 4.71. The SMILES string of the molecule is COc1ccc2cc(CN(C)C(=O)COC(=O)CN3C(=O)c4cccc([N+](=O)[O-])c4C3=O)ccc2c1. The van der Waals surface area contributed by atoms with E-state index in [0.717, 1.165) is 28.2 Å². The number of amides is 3. The molecule has 4 rings (SSSR count). The van der Waals surface area contributed by atoms with Gasteiger partial charge in [0.15, 0.2) is 6.61 Å². The molecule has 1 heterocycles. The lowest BCUT2D eigenvalue weighted by Crippen LogP contribution is -2.37. The molecule has 0 aliphatic carbocycles. The fourth-order valence-corrected chi connectivity index (χ4v) is 3.90. The molecule has 0 saturated heterocycles. The van der Waals surface area contributed by atoms with E-state index in [9.17, 15) is 29.3 Å². The van der Waals surface area contributed by atoms with Crippen LogP contribution in [0.2, 0.25) is 0 Å². The highest BCUT2D eigenvalue weighted by atomic mass is 16.6. The second-order valence-electron chi connectivity index (χ2n) is 8.11. The highest BCUT2D eigenvalue weighted by Crippen LogP contribution is 2.30. The van der Waals surface area contributed by atoms with Crippen LogP contribution in [0.25, 0.3) is 10.8 Å². The number of hydrogen-bond donors (Lipinski definition) is 0. The van der Waals surface area contributed by atoms with E-state index in [-0.39, 0.29) is 17.7 Å². The highest BCUT2D eigenvalue weighted by molar-refractivity contribution is 6.24. The van der Waals surface area contributed by atoms with Crippen molar-refractivity contribution >= 4 is 40.2 Å². The lowest BCUT2D eigenvalue weighted by atomic mass is 10.1. The molecule has 0 unspecified atom stereocenters. The predicted octanol–water partition coefficient (Wildman–Crippen LogP) is 2.55. The van der Waals surface area contributed by atoms with Crippen LogP contribution >= 0.6 is 0 Å². The van der Waals surface area contributed by atoms with E-state index in [2.05, 4.69) is 0 Å². The van der Waals surface area contributed by atoms with E-state index in [4.69, 9.17) is 9.47 Å². The quantitative estimate of drug-likeness (QED) is 0.203. The van der Waals surface area contributed by atoms with Crippen molar-refractivity contribution in [2.24, 2.45) is 0 Å². The van der Waals surface area contributed by atoms with Crippen molar-refractivity contribution in [1.29, 1.82) is 0 Å². The van der Waals surface area contributed by atoms with Gasteiger partial charge in [-0.1, -0.05) is 24.3 Å². The molecule has 11 nitrogen and oxygen atoms in total. The number of rotatable bonds is 8. The number of benzene rings is 3. The van der Waals surface area contributed by atoms with Gasteiger partial charge >= 0.3 is 5.97 Å². The first-order chi connectivity index (χ1) is 17.2. The molecule has 1 aliphatic heterocycles. The Hall–Kier alpha value is -4.80. The molecule has 0 N–H and O–H groups in total. The van der Waals surface area contributed by atoms with Crippen molar-refractivity contribution in [3.63, 3.8) is 0 Å². The minimum atomic E-state index is -0.992. The van der Waals surface area contributed by atoms with Gasteiger partial charge in [0.05, 0.1) is 17.6 Å². The molecule has 0 saturated carbocycles. The Morgan fingerprint density at radius 3 is 2.47 bits per heavy atom. The van der Waals surface area contributed by atoms with Crippen LogP contribution < -0.4 is 4.74 Å². The third-order valence-corrected chi connectivity index (χ3v) is 5.77. The van der Waals surface area contributed by atoms with Crippen LogP contribution in [0.15, 0.2) is 54.6 Å². The fraction of sp³-hybridized carbons (Fsp3) is 0.200. The van der Waals surface area contributed by atoms with Gasteiger partial charge in [0.25, 0.3) is 23.4 Å². The number of nitrogens with zero attached hydrogens (tertiary/aromatic N) is 3. The first-order valence-electron chi connectivity index (χ1n) is 10.8. The summed E-state index contributed by atoms with van der Waals surface area (Å²) in [4.78, 5) is 62.1. The normalized spacial score (nSPS) is 12.4. The van der Waals surface area contributed by atoms with E-state index in [1.807, 2.05) is 36.4 Å². The topological polar surface area (TPSA) is 136 Å². The zero-order valence-electron chi connectivity index (χ0n) is 19.4. The second kappa shape index (κ2) is 9.82. The molecule has 0 aromatic heterocycles. The number of carbonyl (C=O) groups excluding carboxylic acids is 4. The van der Waals surface area contributed by atoms with Crippen molar-refractivity contribution in [3.8, 4) is 5.75 Å². The summed E-state index contributed by atoms with van der Waals surface area (Å²) < 4.78 is 10.2. The number of imide groups is 1. The highest BCUT2D eigenvalue weighted by Gasteiger charge is 2.42. The first-order valence-corrected chi connectivity index (χ1v) is 10.8. The molecule has 0 bridgehead atoms. The smallest absolute Gasteiger partial charge is 0.326 e. The number of hydrogen-bond acceptors (Lipinski definition) is 8. The number of fused-ring (bicyclic) bond motifs is 2. The molecule has 0 spiro atoms. The van der Waals surface area contributed by atoms with Gasteiger partial charge in [0, 0.05) is 19.7 Å². The van der Waals surface area contributed by atoms with Gasteiger partial charge in [-0.05, 0) is 40.6 Å². The van der Waals surface area contributed by atoms with Crippen LogP contribution in [-0.4, -0.2) is 65.7 Å². The van der Waals surface area contributed by atoms with E-state index < -0.39 is 47.5 Å². The molecule has 1 aliphatic rings. The number of nitro groups is 1. The van der Waals surface area contributed by atoms with Crippen molar-refractivity contribution in [1.82, 2.24) is 9.80 Å². The Morgan fingerprint density at radius 1 is 1.03 bits per heavy atom. The zero-order chi connectivity index (χ0) is 26.0. The van der Waals surface area contributed by atoms with Crippen LogP contribution in [0, 0.1) is 10.1 Å². The molecule has 11 heteroatoms. The van der Waals surface area contributed by atoms with Crippen molar-refractivity contribution < 1.29 is 33.6 Å². The molecule has 3 aromatic rings. The summed E-state index contributed by atoms with van der Waals surface area (Å²) in [5.74, 6) is -2.54. The molecule has 0 radical (unpaired) electrons. The Balaban J connectivity index is 1.33. The number of carbonyl (C=O) groups is 4. The molecule has 0 atom stereocenters. The molecule has 3 aromatic carbocycles. The maximum absolute atomic E-state index is 12.6. The van der Waals surface area contributed by atoms with Crippen LogP contribution in [0.4, 0.5) is 5.69 Å². The standard InChI is InChI=1S/C25H21N3O8/c1-26(12-15-6-7-17-11-18(35-2)9-8-16(17)10-15)21(29)14-36-22(30)13-27-24(31)19-4-3-5-20(28(33)34)23(19)25(27)32/h3-11H,12-14H2,1-2H3.